The summed E-state index contributed by atoms with van der Waals surface area (Å²) in [5.74, 6) is 1.02. The second-order valence-corrected chi connectivity index (χ2v) is 5.45. The molecular weight excluding hydrogens is 252 g/mol. The molecule has 1 heterocycles. The highest BCUT2D eigenvalue weighted by Gasteiger charge is 2.39. The van der Waals surface area contributed by atoms with Crippen molar-refractivity contribution < 1.29 is 9.53 Å². The first-order valence-electron chi connectivity index (χ1n) is 7.30. The Hall–Kier alpha value is -1.55. The van der Waals surface area contributed by atoms with Crippen molar-refractivity contribution in [2.24, 2.45) is 0 Å². The van der Waals surface area contributed by atoms with Gasteiger partial charge in [-0.05, 0) is 38.0 Å². The summed E-state index contributed by atoms with van der Waals surface area (Å²) < 4.78 is 5.19. The van der Waals surface area contributed by atoms with Crippen LogP contribution < -0.4 is 10.1 Å². The molecule has 0 spiro atoms. The zero-order valence-corrected chi connectivity index (χ0v) is 12.7. The predicted octanol–water partition coefficient (Wildman–Crippen LogP) is 2.70. The van der Waals surface area contributed by atoms with Crippen LogP contribution in [-0.4, -0.2) is 30.0 Å². The van der Waals surface area contributed by atoms with Gasteiger partial charge in [0.15, 0.2) is 0 Å². The van der Waals surface area contributed by atoms with Crippen molar-refractivity contribution in [3.8, 4) is 5.75 Å². The van der Waals surface area contributed by atoms with Gasteiger partial charge in [0.1, 0.15) is 11.9 Å². The minimum absolute atomic E-state index is 0.0371. The number of rotatable bonds is 5. The lowest BCUT2D eigenvalue weighted by atomic mass is 10.1. The average molecular weight is 276 g/mol. The summed E-state index contributed by atoms with van der Waals surface area (Å²) in [4.78, 5) is 14.3. The second-order valence-electron chi connectivity index (χ2n) is 5.45. The van der Waals surface area contributed by atoms with E-state index in [0.29, 0.717) is 0 Å². The average Bonchev–Trinajstić information content (AvgIpc) is 2.75. The van der Waals surface area contributed by atoms with Gasteiger partial charge >= 0.3 is 0 Å². The molecule has 0 radical (unpaired) electrons. The molecule has 20 heavy (non-hydrogen) atoms. The van der Waals surface area contributed by atoms with E-state index in [2.05, 4.69) is 19.2 Å². The Labute approximate surface area is 121 Å². The molecule has 0 bridgehead atoms. The molecule has 2 rings (SSSR count). The number of nitrogens with zero attached hydrogens (tertiary/aromatic N) is 1. The van der Waals surface area contributed by atoms with Crippen LogP contribution in [0.4, 0.5) is 0 Å². The lowest BCUT2D eigenvalue weighted by Gasteiger charge is -2.30. The molecule has 3 unspecified atom stereocenters. The molecule has 1 aromatic rings. The number of benzene rings is 1. The second kappa shape index (κ2) is 6.27. The molecular formula is C16H24N2O2. The molecule has 1 saturated heterocycles. The largest absolute Gasteiger partial charge is 0.497 e. The van der Waals surface area contributed by atoms with Crippen molar-refractivity contribution in [2.45, 2.75) is 51.9 Å². The molecule has 0 aliphatic carbocycles. The maximum Gasteiger partial charge on any atom is 0.241 e. The van der Waals surface area contributed by atoms with Crippen molar-refractivity contribution in [3.63, 3.8) is 0 Å². The van der Waals surface area contributed by atoms with Crippen molar-refractivity contribution in [2.75, 3.05) is 7.11 Å². The first kappa shape index (κ1) is 14.9. The lowest BCUT2D eigenvalue weighted by molar-refractivity contribution is -0.131. The van der Waals surface area contributed by atoms with Gasteiger partial charge in [0, 0.05) is 6.04 Å². The molecule has 1 aliphatic rings. The summed E-state index contributed by atoms with van der Waals surface area (Å²) in [5, 5.41) is 3.38. The van der Waals surface area contributed by atoms with Gasteiger partial charge < -0.3 is 9.64 Å². The van der Waals surface area contributed by atoms with E-state index in [0.717, 1.165) is 24.2 Å². The zero-order valence-electron chi connectivity index (χ0n) is 12.7. The quantitative estimate of drug-likeness (QED) is 0.899. The van der Waals surface area contributed by atoms with Crippen molar-refractivity contribution in [1.82, 2.24) is 10.2 Å². The normalized spacial score (nSPS) is 24.0. The summed E-state index contributed by atoms with van der Waals surface area (Å²) in [6, 6.07) is 8.04. The molecule has 110 valence electrons. The van der Waals surface area contributed by atoms with Crippen LogP contribution in [0.5, 0.6) is 5.75 Å². The highest BCUT2D eigenvalue weighted by molar-refractivity contribution is 5.84. The van der Waals surface area contributed by atoms with Gasteiger partial charge in [-0.15, -0.1) is 0 Å². The van der Waals surface area contributed by atoms with E-state index in [1.54, 1.807) is 7.11 Å². The summed E-state index contributed by atoms with van der Waals surface area (Å²) in [6.45, 7) is 6.20. The maximum atomic E-state index is 12.4. The third-order valence-electron chi connectivity index (χ3n) is 3.92. The molecule has 1 N–H and O–H groups in total. The predicted molar refractivity (Wildman–Crippen MR) is 79.5 cm³/mol. The van der Waals surface area contributed by atoms with E-state index in [-0.39, 0.29) is 24.2 Å². The van der Waals surface area contributed by atoms with Gasteiger partial charge in [-0.1, -0.05) is 25.5 Å². The fourth-order valence-electron chi connectivity index (χ4n) is 2.81. The first-order chi connectivity index (χ1) is 9.58. The van der Waals surface area contributed by atoms with Crippen molar-refractivity contribution in [3.05, 3.63) is 29.8 Å². The lowest BCUT2D eigenvalue weighted by Crippen LogP contribution is -2.38. The van der Waals surface area contributed by atoms with Crippen LogP contribution in [0.15, 0.2) is 24.3 Å². The van der Waals surface area contributed by atoms with Gasteiger partial charge in [-0.25, -0.2) is 0 Å². The fourth-order valence-corrected chi connectivity index (χ4v) is 2.81. The number of carbonyl (C=O) groups is 1. The summed E-state index contributed by atoms with van der Waals surface area (Å²) in [5.41, 5.74) is 1.10. The Kier molecular flexibility index (Phi) is 4.65. The third-order valence-corrected chi connectivity index (χ3v) is 3.92. The molecule has 1 aliphatic heterocycles. The highest BCUT2D eigenvalue weighted by Crippen LogP contribution is 2.29. The Morgan fingerprint density at radius 3 is 2.55 bits per heavy atom. The number of ether oxygens (including phenoxy) is 1. The SMILES string of the molecule is CCCC(C)N1C(=O)C(C)NC1c1ccc(OC)cc1. The van der Waals surface area contributed by atoms with E-state index in [4.69, 9.17) is 4.74 Å². The van der Waals surface area contributed by atoms with Gasteiger partial charge in [0.2, 0.25) is 5.91 Å². The van der Waals surface area contributed by atoms with E-state index < -0.39 is 0 Å². The van der Waals surface area contributed by atoms with Crippen LogP contribution in [0.25, 0.3) is 0 Å². The number of carbonyl (C=O) groups excluding carboxylic acids is 1. The van der Waals surface area contributed by atoms with Crippen molar-refractivity contribution >= 4 is 5.91 Å². The van der Waals surface area contributed by atoms with Crippen LogP contribution in [0.1, 0.15) is 45.3 Å². The van der Waals surface area contributed by atoms with E-state index in [1.165, 1.54) is 0 Å². The Morgan fingerprint density at radius 1 is 1.35 bits per heavy atom. The van der Waals surface area contributed by atoms with Crippen LogP contribution in [0, 0.1) is 0 Å². The molecule has 0 aromatic heterocycles. The highest BCUT2D eigenvalue weighted by atomic mass is 16.5. The summed E-state index contributed by atoms with van der Waals surface area (Å²) in [6.07, 6.45) is 2.06. The van der Waals surface area contributed by atoms with Crippen LogP contribution >= 0.6 is 0 Å². The molecule has 1 aromatic carbocycles. The Morgan fingerprint density at radius 2 is 2.00 bits per heavy atom. The van der Waals surface area contributed by atoms with Gasteiger partial charge in [0.05, 0.1) is 13.2 Å². The zero-order chi connectivity index (χ0) is 14.7. The van der Waals surface area contributed by atoms with Crippen LogP contribution in [-0.2, 0) is 4.79 Å². The van der Waals surface area contributed by atoms with Gasteiger partial charge in [-0.2, -0.15) is 0 Å². The van der Waals surface area contributed by atoms with Crippen LogP contribution in [0.2, 0.25) is 0 Å². The summed E-state index contributed by atoms with van der Waals surface area (Å²) in [7, 11) is 1.66. The van der Waals surface area contributed by atoms with E-state index in [9.17, 15) is 4.79 Å². The minimum atomic E-state index is -0.124. The molecule has 1 amide bonds. The molecule has 3 atom stereocenters. The topological polar surface area (TPSA) is 41.6 Å². The monoisotopic (exact) mass is 276 g/mol. The van der Waals surface area contributed by atoms with Crippen molar-refractivity contribution in [1.29, 1.82) is 0 Å². The van der Waals surface area contributed by atoms with Gasteiger partial charge in [0.25, 0.3) is 0 Å². The van der Waals surface area contributed by atoms with E-state index >= 15 is 0 Å². The summed E-state index contributed by atoms with van der Waals surface area (Å²) >= 11 is 0. The Bertz CT molecular complexity index is 458. The third kappa shape index (κ3) is 2.80. The van der Waals surface area contributed by atoms with Gasteiger partial charge in [-0.3, -0.25) is 10.1 Å². The minimum Gasteiger partial charge on any atom is -0.497 e. The number of hydrogen-bond donors (Lipinski definition) is 1. The standard InChI is InChI=1S/C16H24N2O2/c1-5-6-11(2)18-15(17-12(3)16(18)19)13-7-9-14(20-4)10-8-13/h7-12,15,17H,5-6H2,1-4H3. The molecule has 4 heteroatoms. The number of amides is 1. The smallest absolute Gasteiger partial charge is 0.241 e. The maximum absolute atomic E-state index is 12.4. The van der Waals surface area contributed by atoms with E-state index in [1.807, 2.05) is 36.1 Å². The molecule has 0 saturated carbocycles. The Balaban J connectivity index is 2.24. The fraction of sp³-hybridized carbons (Fsp3) is 0.562. The first-order valence-corrected chi connectivity index (χ1v) is 7.30. The van der Waals surface area contributed by atoms with Crippen LogP contribution in [0.3, 0.4) is 0 Å². The molecule has 1 fully saturated rings. The molecule has 4 nitrogen and oxygen atoms in total. The number of nitrogens with one attached hydrogen (secondary N) is 1. The number of methoxy groups -OCH3 is 1. The number of hydrogen-bond acceptors (Lipinski definition) is 3.